The Labute approximate surface area is 229 Å². The summed E-state index contributed by atoms with van der Waals surface area (Å²) in [7, 11) is 0. The number of amidine groups is 1. The first-order chi connectivity index (χ1) is 19.1. The van der Waals surface area contributed by atoms with E-state index in [0.717, 1.165) is 84.2 Å². The van der Waals surface area contributed by atoms with Crippen LogP contribution in [0.15, 0.2) is 82.9 Å². The molecule has 6 rings (SSSR count). The Morgan fingerprint density at radius 2 is 1.62 bits per heavy atom. The number of aliphatic imine (C=N–C) groups is 1. The van der Waals surface area contributed by atoms with Crippen LogP contribution < -0.4 is 0 Å². The number of benzene rings is 3. The van der Waals surface area contributed by atoms with Crippen molar-refractivity contribution in [1.82, 2.24) is 4.90 Å². The zero-order valence-electron chi connectivity index (χ0n) is 22.4. The van der Waals surface area contributed by atoms with Crippen molar-refractivity contribution in [2.45, 2.75) is 70.4 Å². The van der Waals surface area contributed by atoms with E-state index in [2.05, 4.69) is 60.6 Å². The van der Waals surface area contributed by atoms with Gasteiger partial charge in [0.2, 0.25) is 0 Å². The van der Waals surface area contributed by atoms with E-state index in [-0.39, 0.29) is 18.3 Å². The highest BCUT2D eigenvalue weighted by atomic mass is 16.7. The molecule has 3 aromatic carbocycles. The van der Waals surface area contributed by atoms with Crippen LogP contribution in [-0.4, -0.2) is 33.9 Å². The molecule has 0 N–H and O–H groups in total. The van der Waals surface area contributed by atoms with E-state index in [1.165, 1.54) is 0 Å². The summed E-state index contributed by atoms with van der Waals surface area (Å²) in [6.07, 6.45) is 7.01. The molecule has 3 aliphatic rings. The van der Waals surface area contributed by atoms with E-state index in [1.807, 2.05) is 29.2 Å². The lowest BCUT2D eigenvalue weighted by Crippen LogP contribution is -2.40. The summed E-state index contributed by atoms with van der Waals surface area (Å²) in [5.74, 6) is 0.792. The van der Waals surface area contributed by atoms with E-state index < -0.39 is 5.54 Å². The lowest BCUT2D eigenvalue weighted by atomic mass is 9.91. The summed E-state index contributed by atoms with van der Waals surface area (Å²) in [6, 6.07) is 24.8. The van der Waals surface area contributed by atoms with Gasteiger partial charge in [-0.05, 0) is 53.1 Å². The van der Waals surface area contributed by atoms with Crippen LogP contribution in [0.25, 0.3) is 22.3 Å². The van der Waals surface area contributed by atoms with Gasteiger partial charge in [0.1, 0.15) is 11.4 Å². The van der Waals surface area contributed by atoms with Crippen LogP contribution in [0.1, 0.15) is 69.4 Å². The number of oxime groups is 1. The molecule has 1 aliphatic carbocycles. The average molecular weight is 520 g/mol. The number of hydrogen-bond acceptors (Lipinski definition) is 5. The van der Waals surface area contributed by atoms with Gasteiger partial charge in [0, 0.05) is 12.0 Å². The molecule has 39 heavy (non-hydrogen) atoms. The van der Waals surface area contributed by atoms with E-state index in [1.54, 1.807) is 0 Å². The SMILES string of the molecule is CCCCC1=NC2(CCCC2)C(=O)N1Cc1ccc(-c2cc(-c3ccccc3)ccc2C2=NOC(=O)C2)cc1. The molecule has 198 valence electrons. The van der Waals surface area contributed by atoms with Gasteiger partial charge < -0.3 is 4.84 Å². The Hall–Kier alpha value is -4.06. The third-order valence-electron chi connectivity index (χ3n) is 8.10. The Balaban J connectivity index is 1.30. The van der Waals surface area contributed by atoms with E-state index in [4.69, 9.17) is 9.83 Å². The van der Waals surface area contributed by atoms with Gasteiger partial charge in [-0.1, -0.05) is 98.1 Å². The Morgan fingerprint density at radius 3 is 2.31 bits per heavy atom. The summed E-state index contributed by atoms with van der Waals surface area (Å²) in [5, 5.41) is 4.05. The molecule has 1 spiro atoms. The highest BCUT2D eigenvalue weighted by Crippen LogP contribution is 2.40. The van der Waals surface area contributed by atoms with Crippen molar-refractivity contribution in [3.05, 3.63) is 83.9 Å². The number of rotatable bonds is 8. The minimum absolute atomic E-state index is 0.161. The minimum Gasteiger partial charge on any atom is -0.318 e. The third kappa shape index (κ3) is 4.91. The van der Waals surface area contributed by atoms with Crippen LogP contribution in [0, 0.1) is 0 Å². The zero-order valence-corrected chi connectivity index (χ0v) is 22.4. The average Bonchev–Trinajstić information content (AvgIpc) is 3.69. The van der Waals surface area contributed by atoms with Crippen molar-refractivity contribution in [3.63, 3.8) is 0 Å². The van der Waals surface area contributed by atoms with Gasteiger partial charge in [-0.15, -0.1) is 0 Å². The number of amides is 1. The summed E-state index contributed by atoms with van der Waals surface area (Å²) in [6.45, 7) is 2.71. The largest absolute Gasteiger partial charge is 0.341 e. The highest BCUT2D eigenvalue weighted by molar-refractivity contribution is 6.15. The monoisotopic (exact) mass is 519 g/mol. The van der Waals surface area contributed by atoms with Gasteiger partial charge >= 0.3 is 5.97 Å². The van der Waals surface area contributed by atoms with Crippen LogP contribution in [-0.2, 0) is 21.0 Å². The van der Waals surface area contributed by atoms with Crippen LogP contribution in [0.2, 0.25) is 0 Å². The molecule has 3 aromatic rings. The summed E-state index contributed by atoms with van der Waals surface area (Å²) < 4.78 is 0. The summed E-state index contributed by atoms with van der Waals surface area (Å²) >= 11 is 0. The Bertz CT molecular complexity index is 1450. The molecule has 2 aliphatic heterocycles. The van der Waals surface area contributed by atoms with Gasteiger partial charge in [-0.3, -0.25) is 14.7 Å². The van der Waals surface area contributed by atoms with Crippen molar-refractivity contribution >= 4 is 23.4 Å². The van der Waals surface area contributed by atoms with Crippen molar-refractivity contribution in [2.75, 3.05) is 0 Å². The second-order valence-corrected chi connectivity index (χ2v) is 10.8. The molecular weight excluding hydrogens is 486 g/mol. The Morgan fingerprint density at radius 1 is 0.872 bits per heavy atom. The normalized spacial score (nSPS) is 18.0. The first-order valence-corrected chi connectivity index (χ1v) is 14.0. The molecule has 6 nitrogen and oxygen atoms in total. The van der Waals surface area contributed by atoms with Gasteiger partial charge in [0.15, 0.2) is 0 Å². The van der Waals surface area contributed by atoms with Crippen LogP contribution in [0.3, 0.4) is 0 Å². The maximum Gasteiger partial charge on any atom is 0.341 e. The van der Waals surface area contributed by atoms with Gasteiger partial charge in [-0.2, -0.15) is 0 Å². The standard InChI is InChI=1S/C33H33N3O3/c1-2-3-11-30-34-33(18-7-8-19-33)32(38)36(30)22-23-12-14-25(15-13-23)28-20-26(24-9-5-4-6-10-24)16-17-27(28)29-21-31(37)39-35-29/h4-6,9-10,12-17,20H,2-3,7-8,11,18-19,21-22H2,1H3. The molecule has 0 unspecified atom stereocenters. The molecule has 0 bridgehead atoms. The topological polar surface area (TPSA) is 71.3 Å². The number of carbonyl (C=O) groups is 2. The van der Waals surface area contributed by atoms with Crippen molar-refractivity contribution in [1.29, 1.82) is 0 Å². The second-order valence-electron chi connectivity index (χ2n) is 10.8. The molecule has 0 saturated heterocycles. The molecule has 0 aromatic heterocycles. The van der Waals surface area contributed by atoms with E-state index >= 15 is 0 Å². The molecule has 0 radical (unpaired) electrons. The van der Waals surface area contributed by atoms with Crippen LogP contribution in [0.5, 0.6) is 0 Å². The van der Waals surface area contributed by atoms with Gasteiger partial charge in [-0.25, -0.2) is 4.79 Å². The number of hydrogen-bond donors (Lipinski definition) is 0. The zero-order chi connectivity index (χ0) is 26.8. The second kappa shape index (κ2) is 10.6. The lowest BCUT2D eigenvalue weighted by Gasteiger charge is -2.23. The van der Waals surface area contributed by atoms with Crippen LogP contribution in [0.4, 0.5) is 0 Å². The number of nitrogens with zero attached hydrogens (tertiary/aromatic N) is 3. The molecule has 1 fully saturated rings. The molecule has 0 atom stereocenters. The van der Waals surface area contributed by atoms with Crippen molar-refractivity contribution < 1.29 is 14.4 Å². The van der Waals surface area contributed by atoms with Crippen LogP contribution >= 0.6 is 0 Å². The molecular formula is C33H33N3O3. The van der Waals surface area contributed by atoms with Crippen molar-refractivity contribution in [3.8, 4) is 22.3 Å². The fraction of sp³-hybridized carbons (Fsp3) is 0.333. The van der Waals surface area contributed by atoms with Crippen molar-refractivity contribution in [2.24, 2.45) is 10.1 Å². The maximum atomic E-state index is 13.5. The number of unbranched alkanes of at least 4 members (excludes halogenated alkanes) is 1. The first kappa shape index (κ1) is 25.2. The molecule has 2 heterocycles. The van der Waals surface area contributed by atoms with E-state index in [0.29, 0.717) is 12.3 Å². The van der Waals surface area contributed by atoms with Gasteiger partial charge in [0.05, 0.1) is 18.7 Å². The first-order valence-electron chi connectivity index (χ1n) is 14.0. The quantitative estimate of drug-likeness (QED) is 0.304. The maximum absolute atomic E-state index is 13.5. The Kier molecular flexibility index (Phi) is 6.86. The summed E-state index contributed by atoms with van der Waals surface area (Å²) in [4.78, 5) is 37.2. The van der Waals surface area contributed by atoms with E-state index in [9.17, 15) is 9.59 Å². The fourth-order valence-electron chi connectivity index (χ4n) is 5.97. The summed E-state index contributed by atoms with van der Waals surface area (Å²) in [5.41, 5.74) is 6.31. The minimum atomic E-state index is -0.517. The third-order valence-corrected chi connectivity index (χ3v) is 8.10. The predicted molar refractivity (Wildman–Crippen MR) is 153 cm³/mol. The molecule has 1 amide bonds. The highest BCUT2D eigenvalue weighted by Gasteiger charge is 2.49. The molecule has 1 saturated carbocycles. The molecule has 6 heteroatoms. The van der Waals surface area contributed by atoms with Gasteiger partial charge in [0.25, 0.3) is 5.91 Å². The smallest absolute Gasteiger partial charge is 0.318 e. The predicted octanol–water partition coefficient (Wildman–Crippen LogP) is 6.92. The number of carbonyl (C=O) groups excluding carboxylic acids is 2. The lowest BCUT2D eigenvalue weighted by molar-refractivity contribution is -0.140. The fourth-order valence-corrected chi connectivity index (χ4v) is 5.97.